The Hall–Kier alpha value is -3.24. The maximum Gasteiger partial charge on any atom is 0.119 e. The molecule has 0 aliphatic heterocycles. The number of methoxy groups -OCH3 is 2. The Kier molecular flexibility index (Phi) is 9.60. The van der Waals surface area contributed by atoms with Gasteiger partial charge in [0.1, 0.15) is 23.9 Å². The van der Waals surface area contributed by atoms with Crippen LogP contribution in [0, 0.1) is 0 Å². The summed E-state index contributed by atoms with van der Waals surface area (Å²) in [6.07, 6.45) is 0.899. The van der Waals surface area contributed by atoms with Gasteiger partial charge in [-0.05, 0) is 83.7 Å². The van der Waals surface area contributed by atoms with Crippen molar-refractivity contribution in [2.45, 2.75) is 27.2 Å². The van der Waals surface area contributed by atoms with E-state index in [1.165, 1.54) is 16.7 Å². The number of likely N-dealkylation sites (N-methyl/N-ethyl adjacent to an activating group) is 1. The van der Waals surface area contributed by atoms with E-state index in [1.807, 2.05) is 24.3 Å². The molecular formula is C30H37NO3. The zero-order valence-electron chi connectivity index (χ0n) is 21.1. The van der Waals surface area contributed by atoms with E-state index in [-0.39, 0.29) is 0 Å². The van der Waals surface area contributed by atoms with Gasteiger partial charge in [0.15, 0.2) is 0 Å². The average Bonchev–Trinajstić information content (AvgIpc) is 2.90. The molecule has 0 spiro atoms. The number of ether oxygens (including phenoxy) is 3. The zero-order valence-corrected chi connectivity index (χ0v) is 21.1. The molecule has 0 amide bonds. The van der Waals surface area contributed by atoms with E-state index in [0.29, 0.717) is 6.61 Å². The number of rotatable bonds is 12. The van der Waals surface area contributed by atoms with Gasteiger partial charge in [0, 0.05) is 6.54 Å². The maximum atomic E-state index is 6.02. The molecule has 0 aliphatic carbocycles. The van der Waals surface area contributed by atoms with Crippen LogP contribution in [0.3, 0.4) is 0 Å². The summed E-state index contributed by atoms with van der Waals surface area (Å²) in [4.78, 5) is 2.36. The first kappa shape index (κ1) is 25.4. The SMILES string of the molecule is CC/C(=C(/c1ccc(OC)cc1)c1ccc(OCCN(CC)CC)cc1)c1ccc(OC)cc1. The molecule has 0 bridgehead atoms. The molecule has 0 unspecified atom stereocenters. The summed E-state index contributed by atoms with van der Waals surface area (Å²) in [5, 5.41) is 0. The smallest absolute Gasteiger partial charge is 0.119 e. The molecular weight excluding hydrogens is 422 g/mol. The van der Waals surface area contributed by atoms with Crippen LogP contribution >= 0.6 is 0 Å². The third-order valence-corrected chi connectivity index (χ3v) is 6.19. The van der Waals surface area contributed by atoms with Gasteiger partial charge in [0.25, 0.3) is 0 Å². The molecule has 0 radical (unpaired) electrons. The van der Waals surface area contributed by atoms with Gasteiger partial charge in [-0.2, -0.15) is 0 Å². The Morgan fingerprint density at radius 3 is 1.47 bits per heavy atom. The maximum absolute atomic E-state index is 6.02. The molecule has 4 nitrogen and oxygen atoms in total. The molecule has 3 aromatic carbocycles. The van der Waals surface area contributed by atoms with Crippen molar-refractivity contribution in [3.05, 3.63) is 89.5 Å². The number of hydrogen-bond acceptors (Lipinski definition) is 4. The molecule has 3 rings (SSSR count). The minimum Gasteiger partial charge on any atom is -0.497 e. The molecule has 0 aromatic heterocycles. The molecule has 4 heteroatoms. The van der Waals surface area contributed by atoms with Crippen LogP contribution in [-0.2, 0) is 0 Å². The highest BCUT2D eigenvalue weighted by Gasteiger charge is 2.14. The van der Waals surface area contributed by atoms with E-state index in [9.17, 15) is 0 Å². The molecule has 0 fully saturated rings. The Balaban J connectivity index is 1.97. The van der Waals surface area contributed by atoms with Gasteiger partial charge in [-0.1, -0.05) is 57.2 Å². The van der Waals surface area contributed by atoms with Crippen LogP contribution < -0.4 is 14.2 Å². The van der Waals surface area contributed by atoms with Crippen molar-refractivity contribution in [1.29, 1.82) is 0 Å². The van der Waals surface area contributed by atoms with Crippen molar-refractivity contribution < 1.29 is 14.2 Å². The van der Waals surface area contributed by atoms with Gasteiger partial charge in [0.2, 0.25) is 0 Å². The van der Waals surface area contributed by atoms with Crippen molar-refractivity contribution in [3.63, 3.8) is 0 Å². The van der Waals surface area contributed by atoms with Crippen LogP contribution in [0.4, 0.5) is 0 Å². The van der Waals surface area contributed by atoms with Gasteiger partial charge in [0.05, 0.1) is 14.2 Å². The third-order valence-electron chi connectivity index (χ3n) is 6.19. The highest BCUT2D eigenvalue weighted by Crippen LogP contribution is 2.36. The van der Waals surface area contributed by atoms with Crippen molar-refractivity contribution in [3.8, 4) is 17.2 Å². The number of hydrogen-bond donors (Lipinski definition) is 0. The fourth-order valence-electron chi connectivity index (χ4n) is 4.14. The number of allylic oxidation sites excluding steroid dienone is 1. The summed E-state index contributed by atoms with van der Waals surface area (Å²) in [5.41, 5.74) is 6.00. The van der Waals surface area contributed by atoms with Gasteiger partial charge in [-0.15, -0.1) is 0 Å². The highest BCUT2D eigenvalue weighted by molar-refractivity contribution is 5.98. The van der Waals surface area contributed by atoms with Crippen LogP contribution in [-0.4, -0.2) is 45.4 Å². The summed E-state index contributed by atoms with van der Waals surface area (Å²) in [5.74, 6) is 2.60. The lowest BCUT2D eigenvalue weighted by molar-refractivity contribution is 0.223. The van der Waals surface area contributed by atoms with Crippen molar-refractivity contribution in [1.82, 2.24) is 4.90 Å². The minimum atomic E-state index is 0.689. The molecule has 0 atom stereocenters. The van der Waals surface area contributed by atoms with Crippen molar-refractivity contribution in [2.75, 3.05) is 40.5 Å². The largest absolute Gasteiger partial charge is 0.497 e. The average molecular weight is 460 g/mol. The van der Waals surface area contributed by atoms with Crippen LogP contribution in [0.25, 0.3) is 11.1 Å². The van der Waals surface area contributed by atoms with Gasteiger partial charge in [-0.3, -0.25) is 0 Å². The first-order valence-electron chi connectivity index (χ1n) is 12.1. The predicted octanol–water partition coefficient (Wildman–Crippen LogP) is 6.79. The third kappa shape index (κ3) is 6.42. The van der Waals surface area contributed by atoms with Crippen LogP contribution in [0.2, 0.25) is 0 Å². The monoisotopic (exact) mass is 459 g/mol. The highest BCUT2D eigenvalue weighted by atomic mass is 16.5. The van der Waals surface area contributed by atoms with E-state index in [2.05, 4.69) is 74.2 Å². The normalized spacial score (nSPS) is 11.8. The second-order valence-electron chi connectivity index (χ2n) is 8.06. The van der Waals surface area contributed by atoms with E-state index in [4.69, 9.17) is 14.2 Å². The lowest BCUT2D eigenvalue weighted by atomic mass is 9.88. The van der Waals surface area contributed by atoms with Crippen molar-refractivity contribution >= 4 is 11.1 Å². The summed E-state index contributed by atoms with van der Waals surface area (Å²) in [7, 11) is 3.39. The molecule has 3 aromatic rings. The van der Waals surface area contributed by atoms with Gasteiger partial charge < -0.3 is 19.1 Å². The van der Waals surface area contributed by atoms with E-state index in [0.717, 1.165) is 54.4 Å². The van der Waals surface area contributed by atoms with Gasteiger partial charge >= 0.3 is 0 Å². The second-order valence-corrected chi connectivity index (χ2v) is 8.06. The fraction of sp³-hybridized carbons (Fsp3) is 0.333. The van der Waals surface area contributed by atoms with Crippen LogP contribution in [0.15, 0.2) is 72.8 Å². The first-order chi connectivity index (χ1) is 16.6. The Labute approximate surface area is 204 Å². The molecule has 0 N–H and O–H groups in total. The summed E-state index contributed by atoms with van der Waals surface area (Å²) >= 11 is 0. The number of nitrogens with zero attached hydrogens (tertiary/aromatic N) is 1. The number of benzene rings is 3. The van der Waals surface area contributed by atoms with Gasteiger partial charge in [-0.25, -0.2) is 0 Å². The Bertz CT molecular complexity index is 1030. The quantitative estimate of drug-likeness (QED) is 0.279. The molecule has 0 saturated heterocycles. The van der Waals surface area contributed by atoms with Crippen LogP contribution in [0.1, 0.15) is 43.9 Å². The molecule has 34 heavy (non-hydrogen) atoms. The molecule has 180 valence electrons. The van der Waals surface area contributed by atoms with E-state index in [1.54, 1.807) is 14.2 Å². The molecule has 0 heterocycles. The lowest BCUT2D eigenvalue weighted by Crippen LogP contribution is -2.27. The zero-order chi connectivity index (χ0) is 24.3. The van der Waals surface area contributed by atoms with E-state index < -0.39 is 0 Å². The molecule has 0 aliphatic rings. The van der Waals surface area contributed by atoms with Crippen molar-refractivity contribution in [2.24, 2.45) is 0 Å². The predicted molar refractivity (Wildman–Crippen MR) is 142 cm³/mol. The standard InChI is InChI=1S/C30H37NO3/c1-6-29(23-9-15-26(32-4)16-10-23)30(24-11-17-27(33-5)18-12-24)25-13-19-28(20-14-25)34-22-21-31(7-2)8-3/h9-20H,6-8,21-22H2,1-5H3/b30-29+. The summed E-state index contributed by atoms with van der Waals surface area (Å²) in [6.45, 7) is 10.3. The topological polar surface area (TPSA) is 30.9 Å². The van der Waals surface area contributed by atoms with E-state index >= 15 is 0 Å². The Morgan fingerprint density at radius 1 is 0.618 bits per heavy atom. The fourth-order valence-corrected chi connectivity index (χ4v) is 4.14. The summed E-state index contributed by atoms with van der Waals surface area (Å²) < 4.78 is 16.8. The van der Waals surface area contributed by atoms with Crippen LogP contribution in [0.5, 0.6) is 17.2 Å². The Morgan fingerprint density at radius 2 is 1.06 bits per heavy atom. The second kappa shape index (κ2) is 12.9. The summed E-state index contributed by atoms with van der Waals surface area (Å²) in [6, 6.07) is 25.0. The molecule has 0 saturated carbocycles. The first-order valence-corrected chi connectivity index (χ1v) is 12.1. The lowest BCUT2D eigenvalue weighted by Gasteiger charge is -2.19. The minimum absolute atomic E-state index is 0.689.